The molecule has 6 heteroatoms. The van der Waals surface area contributed by atoms with Crippen LogP contribution in [-0.4, -0.2) is 30.2 Å². The van der Waals surface area contributed by atoms with Crippen LogP contribution in [0, 0.1) is 0 Å². The van der Waals surface area contributed by atoms with Crippen molar-refractivity contribution in [3.05, 3.63) is 29.6 Å². The zero-order valence-corrected chi connectivity index (χ0v) is 13.9. The van der Waals surface area contributed by atoms with E-state index >= 15 is 0 Å². The zero-order chi connectivity index (χ0) is 16.1. The lowest BCUT2D eigenvalue weighted by Crippen LogP contribution is -2.26. The molecule has 0 bridgehead atoms. The van der Waals surface area contributed by atoms with Gasteiger partial charge in [-0.3, -0.25) is 10.1 Å². The molecule has 1 aliphatic rings. The van der Waals surface area contributed by atoms with Crippen molar-refractivity contribution in [1.29, 1.82) is 0 Å². The number of amides is 1. The maximum absolute atomic E-state index is 12.0. The predicted octanol–water partition coefficient (Wildman–Crippen LogP) is 3.72. The molecule has 0 spiro atoms. The van der Waals surface area contributed by atoms with Crippen LogP contribution in [0.25, 0.3) is 11.3 Å². The Morgan fingerprint density at radius 1 is 1.43 bits per heavy atom. The van der Waals surface area contributed by atoms with Crippen LogP contribution in [0.2, 0.25) is 0 Å². The number of anilines is 1. The van der Waals surface area contributed by atoms with E-state index in [0.29, 0.717) is 11.7 Å². The molecule has 1 atom stereocenters. The van der Waals surface area contributed by atoms with E-state index in [-0.39, 0.29) is 12.0 Å². The summed E-state index contributed by atoms with van der Waals surface area (Å²) >= 11 is 1.42. The highest BCUT2D eigenvalue weighted by Gasteiger charge is 2.24. The van der Waals surface area contributed by atoms with Gasteiger partial charge in [-0.2, -0.15) is 0 Å². The van der Waals surface area contributed by atoms with Gasteiger partial charge in [0.25, 0.3) is 5.91 Å². The van der Waals surface area contributed by atoms with Gasteiger partial charge in [-0.1, -0.05) is 6.92 Å². The van der Waals surface area contributed by atoms with Crippen molar-refractivity contribution in [2.75, 3.05) is 18.5 Å². The average Bonchev–Trinajstić information content (AvgIpc) is 3.25. The molecule has 1 aromatic heterocycles. The van der Waals surface area contributed by atoms with Gasteiger partial charge in [0.1, 0.15) is 11.9 Å². The molecular formula is C17H20N2O3S. The fraction of sp³-hybridized carbons (Fsp3) is 0.412. The number of benzene rings is 1. The zero-order valence-electron chi connectivity index (χ0n) is 13.1. The van der Waals surface area contributed by atoms with Crippen LogP contribution in [0.15, 0.2) is 29.6 Å². The number of thiazole rings is 1. The molecule has 0 radical (unpaired) electrons. The Morgan fingerprint density at radius 3 is 2.96 bits per heavy atom. The van der Waals surface area contributed by atoms with Crippen molar-refractivity contribution in [3.63, 3.8) is 0 Å². The maximum Gasteiger partial charge on any atom is 0.255 e. The molecule has 122 valence electrons. The summed E-state index contributed by atoms with van der Waals surface area (Å²) in [6, 6.07) is 7.83. The minimum absolute atomic E-state index is 0.105. The Labute approximate surface area is 139 Å². The van der Waals surface area contributed by atoms with Crippen molar-refractivity contribution in [1.82, 2.24) is 4.98 Å². The lowest BCUT2D eigenvalue weighted by Gasteiger charge is -2.07. The molecule has 1 aliphatic heterocycles. The van der Waals surface area contributed by atoms with E-state index in [9.17, 15) is 4.79 Å². The van der Waals surface area contributed by atoms with E-state index in [2.05, 4.69) is 17.2 Å². The predicted molar refractivity (Wildman–Crippen MR) is 90.9 cm³/mol. The number of ether oxygens (including phenoxy) is 2. The third-order valence-corrected chi connectivity index (χ3v) is 4.34. The molecule has 0 aliphatic carbocycles. The first-order valence-corrected chi connectivity index (χ1v) is 8.75. The molecule has 0 saturated carbocycles. The lowest BCUT2D eigenvalue weighted by molar-refractivity contribution is -0.124. The largest absolute Gasteiger partial charge is 0.494 e. The minimum atomic E-state index is -0.336. The van der Waals surface area contributed by atoms with Crippen LogP contribution in [-0.2, 0) is 9.53 Å². The van der Waals surface area contributed by atoms with Crippen molar-refractivity contribution < 1.29 is 14.3 Å². The Kier molecular flexibility index (Phi) is 5.25. The number of hydrogen-bond acceptors (Lipinski definition) is 5. The van der Waals surface area contributed by atoms with Gasteiger partial charge < -0.3 is 9.47 Å². The standard InChI is InChI=1S/C17H20N2O3S/c1-2-9-21-13-7-5-12(6-8-13)14-11-23-17(18-14)19-16(20)15-4-3-10-22-15/h5-8,11,15H,2-4,9-10H2,1H3,(H,18,19,20)/t15-/m0/s1. The molecule has 1 amide bonds. The minimum Gasteiger partial charge on any atom is -0.494 e. The van der Waals surface area contributed by atoms with Crippen LogP contribution in [0.5, 0.6) is 5.75 Å². The smallest absolute Gasteiger partial charge is 0.255 e. The molecule has 0 unspecified atom stereocenters. The highest BCUT2D eigenvalue weighted by Crippen LogP contribution is 2.27. The van der Waals surface area contributed by atoms with Crippen molar-refractivity contribution in [2.24, 2.45) is 0 Å². The van der Waals surface area contributed by atoms with Crippen LogP contribution in [0.1, 0.15) is 26.2 Å². The molecule has 1 fully saturated rings. The first-order valence-electron chi connectivity index (χ1n) is 7.87. The molecule has 2 heterocycles. The van der Waals surface area contributed by atoms with E-state index in [0.717, 1.165) is 42.9 Å². The molecule has 2 aromatic rings. The van der Waals surface area contributed by atoms with Crippen LogP contribution < -0.4 is 10.1 Å². The van der Waals surface area contributed by atoms with Crippen molar-refractivity contribution >= 4 is 22.4 Å². The van der Waals surface area contributed by atoms with E-state index in [1.165, 1.54) is 11.3 Å². The summed E-state index contributed by atoms with van der Waals surface area (Å²) in [4.78, 5) is 16.5. The van der Waals surface area contributed by atoms with Crippen LogP contribution >= 0.6 is 11.3 Å². The molecule has 5 nitrogen and oxygen atoms in total. The molecule has 23 heavy (non-hydrogen) atoms. The van der Waals surface area contributed by atoms with Crippen LogP contribution in [0.4, 0.5) is 5.13 Å². The Bertz CT molecular complexity index is 648. The van der Waals surface area contributed by atoms with E-state index in [4.69, 9.17) is 9.47 Å². The van der Waals surface area contributed by atoms with Gasteiger partial charge in [0, 0.05) is 17.6 Å². The quantitative estimate of drug-likeness (QED) is 0.876. The van der Waals surface area contributed by atoms with E-state index in [1.54, 1.807) is 0 Å². The summed E-state index contributed by atoms with van der Waals surface area (Å²) in [5.41, 5.74) is 1.85. The number of nitrogens with zero attached hydrogens (tertiary/aromatic N) is 1. The number of rotatable bonds is 6. The fourth-order valence-corrected chi connectivity index (χ4v) is 3.10. The van der Waals surface area contributed by atoms with Crippen LogP contribution in [0.3, 0.4) is 0 Å². The van der Waals surface area contributed by atoms with Gasteiger partial charge in [0.05, 0.1) is 12.3 Å². The van der Waals surface area contributed by atoms with Gasteiger partial charge in [0.2, 0.25) is 0 Å². The molecule has 1 aromatic carbocycles. The first kappa shape index (κ1) is 16.0. The number of hydrogen-bond donors (Lipinski definition) is 1. The first-order chi connectivity index (χ1) is 11.3. The molecular weight excluding hydrogens is 312 g/mol. The Morgan fingerprint density at radius 2 is 2.26 bits per heavy atom. The topological polar surface area (TPSA) is 60.5 Å². The van der Waals surface area contributed by atoms with E-state index < -0.39 is 0 Å². The van der Waals surface area contributed by atoms with Gasteiger partial charge in [-0.25, -0.2) is 4.98 Å². The van der Waals surface area contributed by atoms with Gasteiger partial charge in [0.15, 0.2) is 5.13 Å². The van der Waals surface area contributed by atoms with Gasteiger partial charge >= 0.3 is 0 Å². The summed E-state index contributed by atoms with van der Waals surface area (Å²) < 4.78 is 10.9. The average molecular weight is 332 g/mol. The molecule has 1 saturated heterocycles. The summed E-state index contributed by atoms with van der Waals surface area (Å²) in [5.74, 6) is 0.754. The maximum atomic E-state index is 12.0. The third kappa shape index (κ3) is 4.09. The number of carbonyl (C=O) groups excluding carboxylic acids is 1. The highest BCUT2D eigenvalue weighted by atomic mass is 32.1. The normalized spacial score (nSPS) is 17.2. The lowest BCUT2D eigenvalue weighted by atomic mass is 10.2. The van der Waals surface area contributed by atoms with Gasteiger partial charge in [-0.15, -0.1) is 11.3 Å². The number of nitrogens with one attached hydrogen (secondary N) is 1. The number of aromatic nitrogens is 1. The second-order valence-corrected chi connectivity index (χ2v) is 6.26. The highest BCUT2D eigenvalue weighted by molar-refractivity contribution is 7.14. The van der Waals surface area contributed by atoms with Gasteiger partial charge in [-0.05, 0) is 43.5 Å². The van der Waals surface area contributed by atoms with Crippen molar-refractivity contribution in [2.45, 2.75) is 32.3 Å². The van der Waals surface area contributed by atoms with Crippen molar-refractivity contribution in [3.8, 4) is 17.0 Å². The molecule has 3 rings (SSSR count). The Hall–Kier alpha value is -1.92. The van der Waals surface area contributed by atoms with E-state index in [1.807, 2.05) is 29.6 Å². The fourth-order valence-electron chi connectivity index (χ4n) is 2.38. The SMILES string of the molecule is CCCOc1ccc(-c2csc(NC(=O)[C@@H]3CCCO3)n2)cc1. The monoisotopic (exact) mass is 332 g/mol. The summed E-state index contributed by atoms with van der Waals surface area (Å²) in [6.07, 6.45) is 2.37. The second-order valence-electron chi connectivity index (χ2n) is 5.40. The summed E-state index contributed by atoms with van der Waals surface area (Å²) in [7, 11) is 0. The molecule has 1 N–H and O–H groups in total. The summed E-state index contributed by atoms with van der Waals surface area (Å²) in [6.45, 7) is 3.46. The number of carbonyl (C=O) groups is 1. The summed E-state index contributed by atoms with van der Waals surface area (Å²) in [5, 5.41) is 5.37. The Balaban J connectivity index is 1.63. The third-order valence-electron chi connectivity index (χ3n) is 3.58. The second kappa shape index (κ2) is 7.57.